The molecule has 0 aromatic rings. The number of carbonyl (C=O) groups excluding carboxylic acids is 1. The van der Waals surface area contributed by atoms with Crippen molar-refractivity contribution in [2.24, 2.45) is 23.7 Å². The Morgan fingerprint density at radius 2 is 2.00 bits per heavy atom. The van der Waals surface area contributed by atoms with E-state index < -0.39 is 17.8 Å². The summed E-state index contributed by atoms with van der Waals surface area (Å²) in [6.07, 6.45) is 6.29. The molecule has 0 spiro atoms. The van der Waals surface area contributed by atoms with E-state index in [2.05, 4.69) is 11.9 Å². The minimum absolute atomic E-state index is 0.0296. The van der Waals surface area contributed by atoms with Crippen LogP contribution in [0.1, 0.15) is 6.42 Å². The molecule has 4 heteroatoms. The van der Waals surface area contributed by atoms with E-state index in [1.807, 2.05) is 12.2 Å². The van der Waals surface area contributed by atoms with Crippen molar-refractivity contribution >= 4 is 11.9 Å². The van der Waals surface area contributed by atoms with Gasteiger partial charge in [-0.15, -0.1) is 6.58 Å². The number of carboxylic acid groups (broad SMARTS) is 1. The largest absolute Gasteiger partial charge is 0.481 e. The number of allylic oxidation sites excluding steroid dienone is 2. The summed E-state index contributed by atoms with van der Waals surface area (Å²) < 4.78 is 0. The predicted molar refractivity (Wildman–Crippen MR) is 58.6 cm³/mol. The predicted octanol–water partition coefficient (Wildman–Crippen LogP) is 0.811. The number of hydrogen-bond donors (Lipinski definition) is 2. The fraction of sp³-hybridized carbons (Fsp3) is 0.500. The van der Waals surface area contributed by atoms with Crippen LogP contribution >= 0.6 is 0 Å². The lowest BCUT2D eigenvalue weighted by atomic mass is 9.82. The highest BCUT2D eigenvalue weighted by Gasteiger charge is 2.51. The number of carboxylic acids is 1. The van der Waals surface area contributed by atoms with Crippen molar-refractivity contribution in [1.29, 1.82) is 0 Å². The first kappa shape index (κ1) is 10.9. The third-order valence-corrected chi connectivity index (χ3v) is 3.47. The molecule has 0 aliphatic heterocycles. The molecule has 2 N–H and O–H groups in total. The van der Waals surface area contributed by atoms with Gasteiger partial charge in [0.05, 0.1) is 11.8 Å². The normalized spacial score (nSPS) is 35.0. The molecule has 2 aliphatic carbocycles. The summed E-state index contributed by atoms with van der Waals surface area (Å²) in [4.78, 5) is 23.0. The Hall–Kier alpha value is -1.58. The van der Waals surface area contributed by atoms with E-state index >= 15 is 0 Å². The van der Waals surface area contributed by atoms with Crippen molar-refractivity contribution in [1.82, 2.24) is 5.32 Å². The van der Waals surface area contributed by atoms with Crippen LogP contribution in [0.4, 0.5) is 0 Å². The standard InChI is InChI=1S/C12H15NO3/c1-2-5-13-11(14)9-7-3-4-8(6-7)10(9)12(15)16/h2-4,7-10H,1,5-6H2,(H,13,14)(H,15,16)/t7-,8+,9+,10+/m1/s1. The Bertz CT molecular complexity index is 361. The second kappa shape index (κ2) is 4.12. The van der Waals surface area contributed by atoms with Crippen LogP contribution in [0.2, 0.25) is 0 Å². The molecular weight excluding hydrogens is 206 g/mol. The Kier molecular flexibility index (Phi) is 2.81. The monoisotopic (exact) mass is 221 g/mol. The average Bonchev–Trinajstić information content (AvgIpc) is 2.84. The molecule has 0 unspecified atom stereocenters. The summed E-state index contributed by atoms with van der Waals surface area (Å²) in [6.45, 7) is 3.91. The molecule has 0 saturated heterocycles. The number of rotatable bonds is 4. The molecule has 2 bridgehead atoms. The van der Waals surface area contributed by atoms with E-state index in [0.717, 1.165) is 6.42 Å². The quantitative estimate of drug-likeness (QED) is 0.690. The molecule has 4 nitrogen and oxygen atoms in total. The molecule has 2 aliphatic rings. The second-order valence-electron chi connectivity index (χ2n) is 4.37. The molecule has 16 heavy (non-hydrogen) atoms. The average molecular weight is 221 g/mol. The fourth-order valence-electron chi connectivity index (χ4n) is 2.81. The van der Waals surface area contributed by atoms with Gasteiger partial charge in [-0.05, 0) is 18.3 Å². The first-order valence-electron chi connectivity index (χ1n) is 5.45. The van der Waals surface area contributed by atoms with Crippen molar-refractivity contribution < 1.29 is 14.7 Å². The van der Waals surface area contributed by atoms with Crippen LogP contribution in [0.3, 0.4) is 0 Å². The lowest BCUT2D eigenvalue weighted by Gasteiger charge is -2.23. The first-order chi connectivity index (χ1) is 7.65. The van der Waals surface area contributed by atoms with Gasteiger partial charge in [0.25, 0.3) is 0 Å². The second-order valence-corrected chi connectivity index (χ2v) is 4.37. The van der Waals surface area contributed by atoms with Gasteiger partial charge in [-0.1, -0.05) is 18.2 Å². The number of amides is 1. The number of fused-ring (bicyclic) bond motifs is 2. The Morgan fingerprint density at radius 3 is 2.56 bits per heavy atom. The van der Waals surface area contributed by atoms with E-state index in [1.54, 1.807) is 6.08 Å². The van der Waals surface area contributed by atoms with Gasteiger partial charge in [-0.3, -0.25) is 9.59 Å². The van der Waals surface area contributed by atoms with Crippen LogP contribution < -0.4 is 5.32 Å². The van der Waals surface area contributed by atoms with Gasteiger partial charge in [-0.2, -0.15) is 0 Å². The van der Waals surface area contributed by atoms with Crippen LogP contribution in [0.25, 0.3) is 0 Å². The van der Waals surface area contributed by atoms with Crippen molar-refractivity contribution in [3.8, 4) is 0 Å². The Labute approximate surface area is 94.0 Å². The lowest BCUT2D eigenvalue weighted by Crippen LogP contribution is -2.40. The summed E-state index contributed by atoms with van der Waals surface area (Å²) >= 11 is 0. The van der Waals surface area contributed by atoms with Gasteiger partial charge in [0.15, 0.2) is 0 Å². The van der Waals surface area contributed by atoms with Crippen LogP contribution in [-0.4, -0.2) is 23.5 Å². The first-order valence-corrected chi connectivity index (χ1v) is 5.45. The maximum atomic E-state index is 11.9. The fourth-order valence-corrected chi connectivity index (χ4v) is 2.81. The highest BCUT2D eigenvalue weighted by Crippen LogP contribution is 2.48. The van der Waals surface area contributed by atoms with E-state index in [1.165, 1.54) is 0 Å². The van der Waals surface area contributed by atoms with Gasteiger partial charge in [0.1, 0.15) is 0 Å². The molecule has 2 rings (SSSR count). The van der Waals surface area contributed by atoms with Crippen LogP contribution in [0, 0.1) is 23.7 Å². The summed E-state index contributed by atoms with van der Waals surface area (Å²) in [5.41, 5.74) is 0. The zero-order valence-electron chi connectivity index (χ0n) is 8.93. The molecule has 1 fully saturated rings. The maximum Gasteiger partial charge on any atom is 0.307 e. The molecule has 1 amide bonds. The Balaban J connectivity index is 2.13. The van der Waals surface area contributed by atoms with E-state index in [4.69, 9.17) is 5.11 Å². The topological polar surface area (TPSA) is 66.4 Å². The third kappa shape index (κ3) is 1.64. The molecule has 0 aromatic carbocycles. The van der Waals surface area contributed by atoms with Crippen molar-refractivity contribution in [3.05, 3.63) is 24.8 Å². The minimum Gasteiger partial charge on any atom is -0.481 e. The molecule has 1 saturated carbocycles. The van der Waals surface area contributed by atoms with Crippen molar-refractivity contribution in [3.63, 3.8) is 0 Å². The summed E-state index contributed by atoms with van der Waals surface area (Å²) in [6, 6.07) is 0. The minimum atomic E-state index is -0.865. The molecular formula is C12H15NO3. The highest BCUT2D eigenvalue weighted by atomic mass is 16.4. The number of carbonyl (C=O) groups is 2. The number of aliphatic carboxylic acids is 1. The smallest absolute Gasteiger partial charge is 0.307 e. The zero-order valence-corrected chi connectivity index (χ0v) is 8.93. The van der Waals surface area contributed by atoms with E-state index in [9.17, 15) is 9.59 Å². The SMILES string of the molecule is C=CCNC(=O)[C@@H]1[C@@H](C(=O)O)[C@H]2C=C[C@@H]1C2. The molecule has 86 valence electrons. The van der Waals surface area contributed by atoms with Crippen LogP contribution in [-0.2, 0) is 9.59 Å². The summed E-state index contributed by atoms with van der Waals surface area (Å²) in [5.74, 6) is -1.87. The van der Waals surface area contributed by atoms with Crippen LogP contribution in [0.15, 0.2) is 24.8 Å². The molecule has 0 aromatic heterocycles. The number of hydrogen-bond acceptors (Lipinski definition) is 2. The Morgan fingerprint density at radius 1 is 1.38 bits per heavy atom. The maximum absolute atomic E-state index is 11.9. The molecule has 4 atom stereocenters. The van der Waals surface area contributed by atoms with Crippen molar-refractivity contribution in [2.45, 2.75) is 6.42 Å². The van der Waals surface area contributed by atoms with Crippen molar-refractivity contribution in [2.75, 3.05) is 6.54 Å². The molecule has 0 heterocycles. The summed E-state index contributed by atoms with van der Waals surface area (Å²) in [5, 5.41) is 11.8. The highest BCUT2D eigenvalue weighted by molar-refractivity contribution is 5.86. The lowest BCUT2D eigenvalue weighted by molar-refractivity contribution is -0.147. The van der Waals surface area contributed by atoms with Crippen LogP contribution in [0.5, 0.6) is 0 Å². The van der Waals surface area contributed by atoms with Gasteiger partial charge < -0.3 is 10.4 Å². The van der Waals surface area contributed by atoms with Gasteiger partial charge in [0, 0.05) is 6.54 Å². The van der Waals surface area contributed by atoms with Gasteiger partial charge in [-0.25, -0.2) is 0 Å². The van der Waals surface area contributed by atoms with E-state index in [0.29, 0.717) is 6.54 Å². The number of nitrogens with one attached hydrogen (secondary N) is 1. The van der Waals surface area contributed by atoms with E-state index in [-0.39, 0.29) is 17.7 Å². The zero-order chi connectivity index (χ0) is 11.7. The molecule has 0 radical (unpaired) electrons. The van der Waals surface area contributed by atoms with Gasteiger partial charge in [0.2, 0.25) is 5.91 Å². The summed E-state index contributed by atoms with van der Waals surface area (Å²) in [7, 11) is 0. The van der Waals surface area contributed by atoms with Gasteiger partial charge >= 0.3 is 5.97 Å². The third-order valence-electron chi connectivity index (χ3n) is 3.47.